The predicted octanol–water partition coefficient (Wildman–Crippen LogP) is 1.50. The molecule has 23 heavy (non-hydrogen) atoms. The monoisotopic (exact) mass is 317 g/mol. The number of ether oxygens (including phenoxy) is 1. The summed E-state index contributed by atoms with van der Waals surface area (Å²) in [4.78, 5) is 23.1. The Morgan fingerprint density at radius 2 is 1.91 bits per heavy atom. The van der Waals surface area contributed by atoms with Crippen LogP contribution in [0.3, 0.4) is 0 Å². The van der Waals surface area contributed by atoms with Crippen molar-refractivity contribution in [2.45, 2.75) is 56.1 Å². The van der Waals surface area contributed by atoms with Crippen LogP contribution in [0, 0.1) is 0 Å². The van der Waals surface area contributed by atoms with Crippen LogP contribution in [-0.2, 0) is 4.74 Å². The van der Waals surface area contributed by atoms with Crippen molar-refractivity contribution in [2.75, 3.05) is 19.7 Å². The molecule has 0 radical (unpaired) electrons. The maximum absolute atomic E-state index is 12.6. The average Bonchev–Trinajstić information content (AvgIpc) is 3.43. The molecule has 3 fully saturated rings. The standard InChI is InChI=1S/C17H23N3O3/c21-14-2-1-9-23-17(14)5-7-20(8-6-17)16(22)13-10-18-15(19-11-13)12-3-4-12/h10-12,14,21H,1-9H2/t14-/m0/s1. The van der Waals surface area contributed by atoms with Crippen molar-refractivity contribution in [1.29, 1.82) is 0 Å². The summed E-state index contributed by atoms with van der Waals surface area (Å²) < 4.78 is 5.89. The van der Waals surface area contributed by atoms with Gasteiger partial charge in [-0.15, -0.1) is 0 Å². The first-order chi connectivity index (χ1) is 11.2. The van der Waals surface area contributed by atoms with Gasteiger partial charge in [0.1, 0.15) is 5.82 Å². The smallest absolute Gasteiger partial charge is 0.256 e. The number of rotatable bonds is 2. The largest absolute Gasteiger partial charge is 0.390 e. The highest BCUT2D eigenvalue weighted by atomic mass is 16.5. The summed E-state index contributed by atoms with van der Waals surface area (Å²) in [5.74, 6) is 1.34. The number of likely N-dealkylation sites (tertiary alicyclic amines) is 1. The number of aromatic nitrogens is 2. The molecule has 3 heterocycles. The Labute approximate surface area is 135 Å². The Bertz CT molecular complexity index is 577. The van der Waals surface area contributed by atoms with E-state index in [0.29, 0.717) is 44.0 Å². The Kier molecular flexibility index (Phi) is 3.81. The van der Waals surface area contributed by atoms with Gasteiger partial charge in [0.05, 0.1) is 17.3 Å². The summed E-state index contributed by atoms with van der Waals surface area (Å²) in [6.07, 6.45) is 8.31. The molecule has 2 aliphatic heterocycles. The molecular formula is C17H23N3O3. The molecule has 1 amide bonds. The van der Waals surface area contributed by atoms with Crippen molar-refractivity contribution in [1.82, 2.24) is 14.9 Å². The molecular weight excluding hydrogens is 294 g/mol. The van der Waals surface area contributed by atoms with Crippen molar-refractivity contribution in [3.05, 3.63) is 23.8 Å². The van der Waals surface area contributed by atoms with E-state index in [1.807, 2.05) is 4.90 Å². The third-order valence-corrected chi connectivity index (χ3v) is 5.38. The number of carbonyl (C=O) groups is 1. The molecule has 1 aromatic rings. The molecule has 0 unspecified atom stereocenters. The minimum Gasteiger partial charge on any atom is -0.390 e. The number of amides is 1. The highest BCUT2D eigenvalue weighted by Gasteiger charge is 2.44. The Morgan fingerprint density at radius 3 is 2.52 bits per heavy atom. The second-order valence-electron chi connectivity index (χ2n) is 6.97. The minimum atomic E-state index is -0.443. The summed E-state index contributed by atoms with van der Waals surface area (Å²) in [5, 5.41) is 10.3. The summed E-state index contributed by atoms with van der Waals surface area (Å²) in [6, 6.07) is 0. The fourth-order valence-corrected chi connectivity index (χ4v) is 3.66. The van der Waals surface area contributed by atoms with Crippen LogP contribution >= 0.6 is 0 Å². The van der Waals surface area contributed by atoms with E-state index in [-0.39, 0.29) is 5.91 Å². The summed E-state index contributed by atoms with van der Waals surface area (Å²) >= 11 is 0. The van der Waals surface area contributed by atoms with Gasteiger partial charge in [-0.25, -0.2) is 9.97 Å². The minimum absolute atomic E-state index is 0.0208. The van der Waals surface area contributed by atoms with Gasteiger partial charge < -0.3 is 14.7 Å². The third-order valence-electron chi connectivity index (χ3n) is 5.38. The summed E-state index contributed by atoms with van der Waals surface area (Å²) in [6.45, 7) is 1.93. The number of nitrogens with zero attached hydrogens (tertiary/aromatic N) is 3. The van der Waals surface area contributed by atoms with Crippen molar-refractivity contribution < 1.29 is 14.6 Å². The molecule has 1 aliphatic carbocycles. The zero-order valence-electron chi connectivity index (χ0n) is 13.3. The molecule has 3 aliphatic rings. The van der Waals surface area contributed by atoms with Crippen LogP contribution in [0.4, 0.5) is 0 Å². The van der Waals surface area contributed by atoms with Crippen molar-refractivity contribution >= 4 is 5.91 Å². The quantitative estimate of drug-likeness (QED) is 0.894. The lowest BCUT2D eigenvalue weighted by Gasteiger charge is -2.46. The SMILES string of the molecule is O=C(c1cnc(C2CC2)nc1)N1CCC2(CC1)OCCC[C@@H]2O. The molecule has 6 nitrogen and oxygen atoms in total. The van der Waals surface area contributed by atoms with Gasteiger partial charge in [0, 0.05) is 38.0 Å². The summed E-state index contributed by atoms with van der Waals surface area (Å²) in [7, 11) is 0. The molecule has 6 heteroatoms. The number of aliphatic hydroxyl groups is 1. The molecule has 1 saturated carbocycles. The van der Waals surface area contributed by atoms with Crippen LogP contribution in [0.2, 0.25) is 0 Å². The average molecular weight is 317 g/mol. The van der Waals surface area contributed by atoms with Gasteiger partial charge in [-0.05, 0) is 38.5 Å². The molecule has 1 atom stereocenters. The van der Waals surface area contributed by atoms with E-state index >= 15 is 0 Å². The van der Waals surface area contributed by atoms with Crippen LogP contribution in [0.1, 0.15) is 60.6 Å². The van der Waals surface area contributed by atoms with E-state index in [1.54, 1.807) is 12.4 Å². The van der Waals surface area contributed by atoms with Crippen molar-refractivity contribution in [3.8, 4) is 0 Å². The second kappa shape index (κ2) is 5.83. The Balaban J connectivity index is 1.40. The highest BCUT2D eigenvalue weighted by Crippen LogP contribution is 2.38. The van der Waals surface area contributed by atoms with Crippen LogP contribution in [0.5, 0.6) is 0 Å². The van der Waals surface area contributed by atoms with E-state index in [0.717, 1.165) is 31.5 Å². The van der Waals surface area contributed by atoms with Crippen molar-refractivity contribution in [3.63, 3.8) is 0 Å². The zero-order chi connectivity index (χ0) is 15.9. The van der Waals surface area contributed by atoms with Crippen LogP contribution in [0.25, 0.3) is 0 Å². The van der Waals surface area contributed by atoms with Gasteiger partial charge in [0.15, 0.2) is 0 Å². The first-order valence-corrected chi connectivity index (χ1v) is 8.61. The lowest BCUT2D eigenvalue weighted by Crippen LogP contribution is -2.56. The maximum Gasteiger partial charge on any atom is 0.256 e. The fourth-order valence-electron chi connectivity index (χ4n) is 3.66. The van der Waals surface area contributed by atoms with E-state index in [2.05, 4.69) is 9.97 Å². The van der Waals surface area contributed by atoms with E-state index in [1.165, 1.54) is 0 Å². The van der Waals surface area contributed by atoms with Gasteiger partial charge in [-0.1, -0.05) is 0 Å². The van der Waals surface area contributed by atoms with Crippen molar-refractivity contribution in [2.24, 2.45) is 0 Å². The number of aliphatic hydroxyl groups excluding tert-OH is 1. The maximum atomic E-state index is 12.6. The van der Waals surface area contributed by atoms with Gasteiger partial charge in [0.2, 0.25) is 0 Å². The molecule has 0 aromatic carbocycles. The topological polar surface area (TPSA) is 75.6 Å². The molecule has 2 saturated heterocycles. The molecule has 1 spiro atoms. The first kappa shape index (κ1) is 15.0. The Morgan fingerprint density at radius 1 is 1.22 bits per heavy atom. The van der Waals surface area contributed by atoms with Crippen LogP contribution < -0.4 is 0 Å². The first-order valence-electron chi connectivity index (χ1n) is 8.61. The normalized spacial score (nSPS) is 27.2. The molecule has 1 N–H and O–H groups in total. The zero-order valence-corrected chi connectivity index (χ0v) is 13.3. The van der Waals surface area contributed by atoms with E-state index in [9.17, 15) is 9.90 Å². The second-order valence-corrected chi connectivity index (χ2v) is 6.97. The summed E-state index contributed by atoms with van der Waals surface area (Å²) in [5.41, 5.74) is 0.108. The predicted molar refractivity (Wildman–Crippen MR) is 83.1 cm³/mol. The van der Waals surface area contributed by atoms with Crippen LogP contribution in [-0.4, -0.2) is 57.3 Å². The van der Waals surface area contributed by atoms with Crippen LogP contribution in [0.15, 0.2) is 12.4 Å². The lowest BCUT2D eigenvalue weighted by molar-refractivity contribution is -0.174. The third kappa shape index (κ3) is 2.85. The van der Waals surface area contributed by atoms with Gasteiger partial charge in [0.25, 0.3) is 5.91 Å². The van der Waals surface area contributed by atoms with E-state index < -0.39 is 11.7 Å². The lowest BCUT2D eigenvalue weighted by atomic mass is 9.82. The van der Waals surface area contributed by atoms with Gasteiger partial charge >= 0.3 is 0 Å². The Hall–Kier alpha value is -1.53. The highest BCUT2D eigenvalue weighted by molar-refractivity contribution is 5.93. The molecule has 0 bridgehead atoms. The number of hydrogen-bond donors (Lipinski definition) is 1. The van der Waals surface area contributed by atoms with Gasteiger partial charge in [-0.3, -0.25) is 4.79 Å². The number of carbonyl (C=O) groups excluding carboxylic acids is 1. The van der Waals surface area contributed by atoms with E-state index in [4.69, 9.17) is 4.74 Å². The van der Waals surface area contributed by atoms with Gasteiger partial charge in [-0.2, -0.15) is 0 Å². The molecule has 124 valence electrons. The molecule has 1 aromatic heterocycles. The number of piperidine rings is 1. The number of hydrogen-bond acceptors (Lipinski definition) is 5. The fraction of sp³-hybridized carbons (Fsp3) is 0.706. The molecule has 4 rings (SSSR count).